The Balaban J connectivity index is 1.91. The Labute approximate surface area is 87.3 Å². The number of benzene rings is 1. The minimum Gasteiger partial charge on any atom is -0.430 e. The molecule has 0 aromatic heterocycles. The third-order valence-corrected chi connectivity index (χ3v) is 2.85. The van der Waals surface area contributed by atoms with Crippen LogP contribution in [-0.4, -0.2) is 18.9 Å². The van der Waals surface area contributed by atoms with Gasteiger partial charge in [0, 0.05) is 5.92 Å². The summed E-state index contributed by atoms with van der Waals surface area (Å²) in [6, 6.07) is 8.12. The van der Waals surface area contributed by atoms with E-state index in [2.05, 4.69) is 24.3 Å². The molecule has 1 aliphatic heterocycles. The van der Waals surface area contributed by atoms with Crippen molar-refractivity contribution in [1.29, 1.82) is 0 Å². The summed E-state index contributed by atoms with van der Waals surface area (Å²) >= 11 is 0. The van der Waals surface area contributed by atoms with Gasteiger partial charge in [0.1, 0.15) is 12.7 Å². The summed E-state index contributed by atoms with van der Waals surface area (Å²) in [6.07, 6.45) is 3.40. The van der Waals surface area contributed by atoms with Crippen LogP contribution in [0.3, 0.4) is 0 Å². The predicted octanol–water partition coefficient (Wildman–Crippen LogP) is 2.33. The number of rotatable bonds is 1. The summed E-state index contributed by atoms with van der Waals surface area (Å²) in [7, 11) is 0. The van der Waals surface area contributed by atoms with Crippen molar-refractivity contribution in [2.45, 2.75) is 12.0 Å². The first kappa shape index (κ1) is 8.53. The topological polar surface area (TPSA) is 35.5 Å². The number of carbonyl (C=O) groups excluding carboxylic acids is 1. The Kier molecular flexibility index (Phi) is 1.78. The number of cyclic esters (lactones) is 2. The number of ether oxygens (including phenoxy) is 2. The van der Waals surface area contributed by atoms with Gasteiger partial charge in [-0.25, -0.2) is 4.79 Å². The highest BCUT2D eigenvalue weighted by Gasteiger charge is 2.34. The third kappa shape index (κ3) is 1.31. The van der Waals surface area contributed by atoms with E-state index in [1.54, 1.807) is 0 Å². The third-order valence-electron chi connectivity index (χ3n) is 2.85. The lowest BCUT2D eigenvalue weighted by atomic mass is 9.96. The van der Waals surface area contributed by atoms with Crippen molar-refractivity contribution in [2.75, 3.05) is 6.61 Å². The van der Waals surface area contributed by atoms with E-state index in [-0.39, 0.29) is 12.0 Å². The van der Waals surface area contributed by atoms with E-state index in [4.69, 9.17) is 9.47 Å². The summed E-state index contributed by atoms with van der Waals surface area (Å²) in [5.41, 5.74) is 2.41. The van der Waals surface area contributed by atoms with E-state index in [9.17, 15) is 4.79 Å². The fraction of sp³-hybridized carbons (Fsp3) is 0.250. The largest absolute Gasteiger partial charge is 0.508 e. The van der Waals surface area contributed by atoms with Gasteiger partial charge in [0.2, 0.25) is 0 Å². The van der Waals surface area contributed by atoms with Crippen LogP contribution in [0, 0.1) is 0 Å². The summed E-state index contributed by atoms with van der Waals surface area (Å²) in [4.78, 5) is 10.9. The molecule has 0 radical (unpaired) electrons. The van der Waals surface area contributed by atoms with E-state index in [1.165, 1.54) is 11.1 Å². The molecule has 1 saturated heterocycles. The van der Waals surface area contributed by atoms with Gasteiger partial charge in [0.05, 0.1) is 0 Å². The molecule has 1 aromatic rings. The molecule has 3 rings (SSSR count). The molecule has 0 spiro atoms. The Morgan fingerprint density at radius 2 is 2.13 bits per heavy atom. The summed E-state index contributed by atoms with van der Waals surface area (Å²) in [5.74, 6) is 0.146. The molecule has 3 heteroatoms. The fourth-order valence-electron chi connectivity index (χ4n) is 2.12. The van der Waals surface area contributed by atoms with Crippen molar-refractivity contribution in [3.63, 3.8) is 0 Å². The molecule has 0 amide bonds. The maximum absolute atomic E-state index is 10.9. The fourth-order valence-corrected chi connectivity index (χ4v) is 2.12. The predicted molar refractivity (Wildman–Crippen MR) is 54.4 cm³/mol. The lowest BCUT2D eigenvalue weighted by Crippen LogP contribution is -2.18. The van der Waals surface area contributed by atoms with Crippen molar-refractivity contribution >= 4 is 12.2 Å². The van der Waals surface area contributed by atoms with Crippen LogP contribution in [-0.2, 0) is 9.47 Å². The Hall–Kier alpha value is -1.77. The van der Waals surface area contributed by atoms with Gasteiger partial charge in [0.25, 0.3) is 0 Å². The van der Waals surface area contributed by atoms with Gasteiger partial charge in [-0.15, -0.1) is 0 Å². The maximum atomic E-state index is 10.9. The maximum Gasteiger partial charge on any atom is 0.508 e. The highest BCUT2D eigenvalue weighted by molar-refractivity contribution is 5.65. The van der Waals surface area contributed by atoms with E-state index < -0.39 is 6.16 Å². The van der Waals surface area contributed by atoms with Crippen LogP contribution in [0.4, 0.5) is 4.79 Å². The minimum absolute atomic E-state index is 0.146. The second kappa shape index (κ2) is 3.12. The summed E-state index contributed by atoms with van der Waals surface area (Å²) in [5, 5.41) is 0. The highest BCUT2D eigenvalue weighted by Crippen LogP contribution is 2.35. The van der Waals surface area contributed by atoms with E-state index >= 15 is 0 Å². The molecule has 3 nitrogen and oxygen atoms in total. The molecule has 0 bridgehead atoms. The SMILES string of the molecule is O=C1OCC(C2C=Cc3ccccc32)O1. The number of hydrogen-bond donors (Lipinski definition) is 0. The minimum atomic E-state index is -0.558. The van der Waals surface area contributed by atoms with E-state index in [0.717, 1.165) is 0 Å². The average molecular weight is 202 g/mol. The van der Waals surface area contributed by atoms with Crippen LogP contribution in [0.2, 0.25) is 0 Å². The first-order valence-corrected chi connectivity index (χ1v) is 4.95. The van der Waals surface area contributed by atoms with Crippen molar-refractivity contribution in [1.82, 2.24) is 0 Å². The van der Waals surface area contributed by atoms with Gasteiger partial charge < -0.3 is 9.47 Å². The summed E-state index contributed by atoms with van der Waals surface area (Å²) < 4.78 is 9.89. The molecule has 1 heterocycles. The van der Waals surface area contributed by atoms with Crippen molar-refractivity contribution in [3.05, 3.63) is 41.5 Å². The Morgan fingerprint density at radius 3 is 2.93 bits per heavy atom. The van der Waals surface area contributed by atoms with Gasteiger partial charge in [-0.1, -0.05) is 36.4 Å². The molecular formula is C12H10O3. The smallest absolute Gasteiger partial charge is 0.430 e. The molecule has 1 aliphatic carbocycles. The van der Waals surface area contributed by atoms with Gasteiger partial charge >= 0.3 is 6.16 Å². The second-order valence-electron chi connectivity index (χ2n) is 3.73. The molecule has 15 heavy (non-hydrogen) atoms. The van der Waals surface area contributed by atoms with Crippen molar-refractivity contribution < 1.29 is 14.3 Å². The first-order valence-electron chi connectivity index (χ1n) is 4.95. The standard InChI is InChI=1S/C12H10O3/c13-12-14-7-11(15-12)10-6-5-8-3-1-2-4-9(8)10/h1-6,10-11H,7H2. The first-order chi connectivity index (χ1) is 7.34. The summed E-state index contributed by atoms with van der Waals surface area (Å²) in [6.45, 7) is 0.349. The molecule has 2 unspecified atom stereocenters. The van der Waals surface area contributed by atoms with Crippen LogP contribution in [0.25, 0.3) is 6.08 Å². The van der Waals surface area contributed by atoms with Gasteiger partial charge in [0.15, 0.2) is 0 Å². The van der Waals surface area contributed by atoms with Gasteiger partial charge in [-0.05, 0) is 11.1 Å². The monoisotopic (exact) mass is 202 g/mol. The van der Waals surface area contributed by atoms with Crippen molar-refractivity contribution in [2.24, 2.45) is 0 Å². The zero-order chi connectivity index (χ0) is 10.3. The molecule has 0 N–H and O–H groups in total. The zero-order valence-corrected chi connectivity index (χ0v) is 8.05. The molecule has 2 aliphatic rings. The number of hydrogen-bond acceptors (Lipinski definition) is 3. The van der Waals surface area contributed by atoms with E-state index in [0.29, 0.717) is 6.61 Å². The van der Waals surface area contributed by atoms with Crippen LogP contribution < -0.4 is 0 Å². The van der Waals surface area contributed by atoms with Crippen LogP contribution >= 0.6 is 0 Å². The lowest BCUT2D eigenvalue weighted by molar-refractivity contribution is 0.115. The number of fused-ring (bicyclic) bond motifs is 1. The van der Waals surface area contributed by atoms with Crippen LogP contribution in [0.1, 0.15) is 17.0 Å². The highest BCUT2D eigenvalue weighted by atomic mass is 16.8. The average Bonchev–Trinajstić information content (AvgIpc) is 2.83. The van der Waals surface area contributed by atoms with Gasteiger partial charge in [-0.2, -0.15) is 0 Å². The van der Waals surface area contributed by atoms with Crippen molar-refractivity contribution in [3.8, 4) is 0 Å². The van der Waals surface area contributed by atoms with Crippen LogP contribution in [0.15, 0.2) is 30.3 Å². The number of carbonyl (C=O) groups is 1. The normalized spacial score (nSPS) is 27.3. The molecule has 1 aromatic carbocycles. The molecule has 0 saturated carbocycles. The lowest BCUT2D eigenvalue weighted by Gasteiger charge is -2.14. The molecule has 76 valence electrons. The Bertz CT molecular complexity index is 436. The second-order valence-corrected chi connectivity index (χ2v) is 3.73. The van der Waals surface area contributed by atoms with E-state index in [1.807, 2.05) is 12.1 Å². The molecular weight excluding hydrogens is 192 g/mol. The molecule has 2 atom stereocenters. The Morgan fingerprint density at radius 1 is 1.27 bits per heavy atom. The zero-order valence-electron chi connectivity index (χ0n) is 8.05. The van der Waals surface area contributed by atoms with Crippen LogP contribution in [0.5, 0.6) is 0 Å². The quantitative estimate of drug-likeness (QED) is 0.655. The van der Waals surface area contributed by atoms with Gasteiger partial charge in [-0.3, -0.25) is 0 Å². The molecule has 1 fully saturated rings.